The minimum atomic E-state index is -0.0987. The Morgan fingerprint density at radius 1 is 1.31 bits per heavy atom. The normalized spacial score (nSPS) is 17.5. The maximum Gasteiger partial charge on any atom is 0.244 e. The SMILES string of the molecule is Cn1ccc(NC(=O)CN2CCCC2c2nc(-c3ccccc3)no2)n1. The van der Waals surface area contributed by atoms with Crippen LogP contribution in [0.2, 0.25) is 0 Å². The molecule has 1 atom stereocenters. The van der Waals surface area contributed by atoms with Crippen molar-refractivity contribution < 1.29 is 9.32 Å². The highest BCUT2D eigenvalue weighted by molar-refractivity contribution is 5.91. The molecular weight excluding hydrogens is 332 g/mol. The molecule has 0 aliphatic carbocycles. The predicted octanol–water partition coefficient (Wildman–Crippen LogP) is 2.25. The van der Waals surface area contributed by atoms with Crippen molar-refractivity contribution in [1.82, 2.24) is 24.8 Å². The summed E-state index contributed by atoms with van der Waals surface area (Å²) >= 11 is 0. The smallest absolute Gasteiger partial charge is 0.244 e. The third-order valence-electron chi connectivity index (χ3n) is 4.45. The van der Waals surface area contributed by atoms with E-state index in [4.69, 9.17) is 4.52 Å². The highest BCUT2D eigenvalue weighted by Gasteiger charge is 2.32. The van der Waals surface area contributed by atoms with Crippen LogP contribution in [0.4, 0.5) is 5.82 Å². The van der Waals surface area contributed by atoms with Gasteiger partial charge in [0.25, 0.3) is 0 Å². The fraction of sp³-hybridized carbons (Fsp3) is 0.333. The predicted molar refractivity (Wildman–Crippen MR) is 95.1 cm³/mol. The first-order valence-electron chi connectivity index (χ1n) is 8.61. The topological polar surface area (TPSA) is 89.1 Å². The number of amides is 1. The zero-order chi connectivity index (χ0) is 17.9. The summed E-state index contributed by atoms with van der Waals surface area (Å²) in [5, 5.41) is 11.1. The molecule has 3 heterocycles. The van der Waals surface area contributed by atoms with E-state index in [9.17, 15) is 4.79 Å². The van der Waals surface area contributed by atoms with E-state index in [1.54, 1.807) is 16.9 Å². The van der Waals surface area contributed by atoms with Crippen LogP contribution in [0.5, 0.6) is 0 Å². The monoisotopic (exact) mass is 352 g/mol. The number of nitrogens with zero attached hydrogens (tertiary/aromatic N) is 5. The number of likely N-dealkylation sites (tertiary alicyclic amines) is 1. The molecule has 1 saturated heterocycles. The van der Waals surface area contributed by atoms with Crippen LogP contribution < -0.4 is 5.32 Å². The van der Waals surface area contributed by atoms with E-state index in [0.717, 1.165) is 24.9 Å². The molecule has 2 aromatic heterocycles. The van der Waals surface area contributed by atoms with Crippen molar-refractivity contribution in [3.05, 3.63) is 48.5 Å². The Hall–Kier alpha value is -3.00. The van der Waals surface area contributed by atoms with Gasteiger partial charge in [-0.2, -0.15) is 10.1 Å². The minimum Gasteiger partial charge on any atom is -0.337 e. The summed E-state index contributed by atoms with van der Waals surface area (Å²) in [6, 6.07) is 11.5. The van der Waals surface area contributed by atoms with Gasteiger partial charge in [-0.05, 0) is 19.4 Å². The zero-order valence-electron chi connectivity index (χ0n) is 14.5. The second-order valence-electron chi connectivity index (χ2n) is 6.37. The van der Waals surface area contributed by atoms with Gasteiger partial charge < -0.3 is 9.84 Å². The van der Waals surface area contributed by atoms with Gasteiger partial charge in [-0.1, -0.05) is 35.5 Å². The molecule has 1 amide bonds. The van der Waals surface area contributed by atoms with Crippen LogP contribution in [0.15, 0.2) is 47.1 Å². The molecule has 26 heavy (non-hydrogen) atoms. The molecule has 3 aromatic rings. The Morgan fingerprint density at radius 2 is 2.15 bits per heavy atom. The van der Waals surface area contributed by atoms with E-state index in [0.29, 0.717) is 17.5 Å². The number of anilines is 1. The van der Waals surface area contributed by atoms with E-state index >= 15 is 0 Å². The number of rotatable bonds is 5. The van der Waals surface area contributed by atoms with Gasteiger partial charge in [-0.3, -0.25) is 14.4 Å². The van der Waals surface area contributed by atoms with Crippen molar-refractivity contribution in [2.75, 3.05) is 18.4 Å². The number of hydrogen-bond acceptors (Lipinski definition) is 6. The Kier molecular flexibility index (Phi) is 4.49. The highest BCUT2D eigenvalue weighted by Crippen LogP contribution is 2.31. The Bertz CT molecular complexity index is 888. The lowest BCUT2D eigenvalue weighted by Crippen LogP contribution is -2.33. The van der Waals surface area contributed by atoms with Gasteiger partial charge in [0.15, 0.2) is 5.82 Å². The number of nitrogens with one attached hydrogen (secondary N) is 1. The third kappa shape index (κ3) is 3.50. The largest absolute Gasteiger partial charge is 0.337 e. The lowest BCUT2D eigenvalue weighted by atomic mass is 10.2. The van der Waals surface area contributed by atoms with Crippen LogP contribution >= 0.6 is 0 Å². The van der Waals surface area contributed by atoms with Gasteiger partial charge in [-0.25, -0.2) is 0 Å². The van der Waals surface area contributed by atoms with Crippen LogP contribution in [0, 0.1) is 0 Å². The van der Waals surface area contributed by atoms with Crippen molar-refractivity contribution in [1.29, 1.82) is 0 Å². The summed E-state index contributed by atoms with van der Waals surface area (Å²) in [4.78, 5) is 18.9. The second-order valence-corrected chi connectivity index (χ2v) is 6.37. The summed E-state index contributed by atoms with van der Waals surface area (Å²) in [6.07, 6.45) is 3.68. The third-order valence-corrected chi connectivity index (χ3v) is 4.45. The fourth-order valence-electron chi connectivity index (χ4n) is 3.22. The summed E-state index contributed by atoms with van der Waals surface area (Å²) in [6.45, 7) is 1.09. The van der Waals surface area contributed by atoms with Crippen LogP contribution in [-0.4, -0.2) is 43.8 Å². The van der Waals surface area contributed by atoms with Gasteiger partial charge in [0.05, 0.1) is 12.6 Å². The van der Waals surface area contributed by atoms with Gasteiger partial charge in [0, 0.05) is 24.9 Å². The molecule has 0 spiro atoms. The maximum absolute atomic E-state index is 12.3. The number of benzene rings is 1. The van der Waals surface area contributed by atoms with Crippen LogP contribution in [0.3, 0.4) is 0 Å². The summed E-state index contributed by atoms with van der Waals surface area (Å²) in [5.74, 6) is 1.59. The molecule has 0 bridgehead atoms. The molecule has 1 aromatic carbocycles. The number of hydrogen-bond donors (Lipinski definition) is 1. The number of carbonyl (C=O) groups is 1. The molecule has 8 heteroatoms. The molecule has 4 rings (SSSR count). The molecule has 8 nitrogen and oxygen atoms in total. The van der Waals surface area contributed by atoms with Crippen molar-refractivity contribution in [3.63, 3.8) is 0 Å². The highest BCUT2D eigenvalue weighted by atomic mass is 16.5. The molecule has 1 N–H and O–H groups in total. The summed E-state index contributed by atoms with van der Waals surface area (Å²) < 4.78 is 7.14. The Balaban J connectivity index is 1.43. The van der Waals surface area contributed by atoms with E-state index in [-0.39, 0.29) is 18.5 Å². The lowest BCUT2D eigenvalue weighted by Gasteiger charge is -2.20. The summed E-state index contributed by atoms with van der Waals surface area (Å²) in [7, 11) is 1.81. The lowest BCUT2D eigenvalue weighted by molar-refractivity contribution is -0.117. The van der Waals surface area contributed by atoms with Crippen molar-refractivity contribution in [2.24, 2.45) is 7.05 Å². The first-order valence-corrected chi connectivity index (χ1v) is 8.61. The van der Waals surface area contributed by atoms with E-state index in [1.807, 2.05) is 37.4 Å². The fourth-order valence-corrected chi connectivity index (χ4v) is 3.22. The summed E-state index contributed by atoms with van der Waals surface area (Å²) in [5.41, 5.74) is 0.917. The maximum atomic E-state index is 12.3. The average molecular weight is 352 g/mol. The van der Waals surface area contributed by atoms with Gasteiger partial charge >= 0.3 is 0 Å². The molecule has 0 radical (unpaired) electrons. The molecule has 134 valence electrons. The quantitative estimate of drug-likeness (QED) is 0.757. The standard InChI is InChI=1S/C18H20N6O2/c1-23-11-9-15(21-23)19-16(25)12-24-10-5-8-14(24)18-20-17(22-26-18)13-6-3-2-4-7-13/h2-4,6-7,9,11,14H,5,8,10,12H2,1H3,(H,19,21,25). The second kappa shape index (κ2) is 7.09. The average Bonchev–Trinajstić information content (AvgIpc) is 3.37. The van der Waals surface area contributed by atoms with Crippen molar-refractivity contribution in [3.8, 4) is 11.4 Å². The van der Waals surface area contributed by atoms with Crippen LogP contribution in [-0.2, 0) is 11.8 Å². The number of aromatic nitrogens is 4. The first-order chi connectivity index (χ1) is 12.7. The first kappa shape index (κ1) is 16.5. The van der Waals surface area contributed by atoms with E-state index < -0.39 is 0 Å². The van der Waals surface area contributed by atoms with E-state index in [2.05, 4.69) is 25.5 Å². The molecule has 0 saturated carbocycles. The van der Waals surface area contributed by atoms with Gasteiger partial charge in [0.2, 0.25) is 17.6 Å². The number of aryl methyl sites for hydroxylation is 1. The molecule has 1 aliphatic heterocycles. The Morgan fingerprint density at radius 3 is 2.92 bits per heavy atom. The molecule has 1 aliphatic rings. The van der Waals surface area contributed by atoms with Crippen molar-refractivity contribution in [2.45, 2.75) is 18.9 Å². The van der Waals surface area contributed by atoms with Crippen molar-refractivity contribution >= 4 is 11.7 Å². The van der Waals surface area contributed by atoms with Crippen LogP contribution in [0.1, 0.15) is 24.8 Å². The molecule has 1 unspecified atom stereocenters. The number of carbonyl (C=O) groups excluding carboxylic acids is 1. The van der Waals surface area contributed by atoms with Gasteiger partial charge in [0.1, 0.15) is 0 Å². The van der Waals surface area contributed by atoms with Crippen LogP contribution in [0.25, 0.3) is 11.4 Å². The Labute approximate surface area is 150 Å². The minimum absolute atomic E-state index is 0.0329. The van der Waals surface area contributed by atoms with Gasteiger partial charge in [-0.15, -0.1) is 0 Å². The molecular formula is C18H20N6O2. The zero-order valence-corrected chi connectivity index (χ0v) is 14.5. The van der Waals surface area contributed by atoms with E-state index in [1.165, 1.54) is 0 Å². The molecule has 1 fully saturated rings.